The number of aliphatic carboxylic acids is 1. The lowest BCUT2D eigenvalue weighted by Gasteiger charge is -2.43. The van der Waals surface area contributed by atoms with Gasteiger partial charge in [0, 0.05) is 40.3 Å². The molecule has 3 heterocycles. The van der Waals surface area contributed by atoms with E-state index in [0.717, 1.165) is 16.2 Å². The molecule has 2 aliphatic carbocycles. The van der Waals surface area contributed by atoms with Gasteiger partial charge in [-0.25, -0.2) is 4.39 Å². The van der Waals surface area contributed by atoms with Gasteiger partial charge in [-0.05, 0) is 47.9 Å². The van der Waals surface area contributed by atoms with Crippen molar-refractivity contribution in [3.05, 3.63) is 84.1 Å². The van der Waals surface area contributed by atoms with E-state index in [1.54, 1.807) is 12.1 Å². The van der Waals surface area contributed by atoms with Gasteiger partial charge < -0.3 is 14.8 Å². The molecular formula is C29H24FN3O8S2. The number of fused-ring (bicyclic) bond motifs is 9. The minimum absolute atomic E-state index is 0.0686. The Labute approximate surface area is 251 Å². The van der Waals surface area contributed by atoms with Crippen LogP contribution in [-0.2, 0) is 21.0 Å². The Balaban J connectivity index is 1.30. The van der Waals surface area contributed by atoms with Crippen molar-refractivity contribution in [1.29, 1.82) is 0 Å². The van der Waals surface area contributed by atoms with Gasteiger partial charge in [-0.2, -0.15) is 0 Å². The smallest absolute Gasteiger partial charge is 0.305 e. The molecule has 1 saturated heterocycles. The Hall–Kier alpha value is -4.04. The highest BCUT2D eigenvalue weighted by Gasteiger charge is 2.69. The van der Waals surface area contributed by atoms with E-state index >= 15 is 0 Å². The number of nitrogens with one attached hydrogen (secondary N) is 1. The average Bonchev–Trinajstić information content (AvgIpc) is 3.70. The highest BCUT2D eigenvalue weighted by atomic mass is 32.2. The molecule has 2 aromatic carbocycles. The lowest BCUT2D eigenvalue weighted by Crippen LogP contribution is -2.42. The average molecular weight is 626 g/mol. The normalized spacial score (nSPS) is 28.5. The number of rotatable bonds is 8. The van der Waals surface area contributed by atoms with E-state index in [4.69, 9.17) is 9.84 Å². The Morgan fingerprint density at radius 3 is 2.53 bits per heavy atom. The van der Waals surface area contributed by atoms with E-state index in [2.05, 4.69) is 4.98 Å². The highest BCUT2D eigenvalue weighted by molar-refractivity contribution is 8.00. The molecule has 3 fully saturated rings. The Kier molecular flexibility index (Phi) is 6.65. The molecule has 14 heteroatoms. The number of thiazole rings is 1. The monoisotopic (exact) mass is 625 g/mol. The Morgan fingerprint density at radius 2 is 1.84 bits per heavy atom. The fourth-order valence-corrected chi connectivity index (χ4v) is 10.5. The molecule has 2 aliphatic heterocycles. The third-order valence-electron chi connectivity index (χ3n) is 9.21. The lowest BCUT2D eigenvalue weighted by molar-refractivity contribution is -0.385. The quantitative estimate of drug-likeness (QED) is 0.214. The molecule has 7 atom stereocenters. The molecule has 222 valence electrons. The number of halogens is 1. The number of aromatic nitrogens is 1. The van der Waals surface area contributed by atoms with Gasteiger partial charge in [-0.1, -0.05) is 23.5 Å². The Bertz CT molecular complexity index is 1740. The largest absolute Gasteiger partial charge is 0.489 e. The van der Waals surface area contributed by atoms with Crippen LogP contribution >= 0.6 is 23.1 Å². The molecular weight excluding hydrogens is 601 g/mol. The summed E-state index contributed by atoms with van der Waals surface area (Å²) in [6.45, 7) is -0.114. The van der Waals surface area contributed by atoms with E-state index in [1.165, 1.54) is 42.1 Å². The maximum absolute atomic E-state index is 13.6. The molecule has 7 rings (SSSR count). The number of H-pyrrole nitrogens is 1. The number of benzene rings is 2. The number of nitro benzene ring substituents is 1. The summed E-state index contributed by atoms with van der Waals surface area (Å²) in [5.41, 5.74) is 1.04. The van der Waals surface area contributed by atoms with Gasteiger partial charge in [0.15, 0.2) is 0 Å². The van der Waals surface area contributed by atoms with Crippen LogP contribution < -0.4 is 9.61 Å². The summed E-state index contributed by atoms with van der Waals surface area (Å²) in [6, 6.07) is 10.1. The second-order valence-electron chi connectivity index (χ2n) is 11.3. The van der Waals surface area contributed by atoms with Crippen LogP contribution in [0.25, 0.3) is 0 Å². The highest BCUT2D eigenvalue weighted by Crippen LogP contribution is 2.69. The summed E-state index contributed by atoms with van der Waals surface area (Å²) in [6.07, 6.45) is 0.274. The molecule has 2 saturated carbocycles. The van der Waals surface area contributed by atoms with Crippen LogP contribution in [0.4, 0.5) is 10.1 Å². The number of carbonyl (C=O) groups excluding carboxylic acids is 2. The van der Waals surface area contributed by atoms with Crippen LogP contribution in [0.15, 0.2) is 52.3 Å². The number of aromatic amines is 1. The second kappa shape index (κ2) is 10.3. The van der Waals surface area contributed by atoms with E-state index in [0.29, 0.717) is 33.2 Å². The zero-order chi connectivity index (χ0) is 30.2. The fourth-order valence-electron chi connectivity index (χ4n) is 7.62. The number of imide groups is 1. The molecule has 2 bridgehead atoms. The first-order chi connectivity index (χ1) is 20.6. The van der Waals surface area contributed by atoms with Crippen molar-refractivity contribution in [2.24, 2.45) is 29.6 Å². The summed E-state index contributed by atoms with van der Waals surface area (Å²) in [5.74, 6) is -4.21. The van der Waals surface area contributed by atoms with Crippen molar-refractivity contribution in [3.63, 3.8) is 0 Å². The third kappa shape index (κ3) is 4.46. The lowest BCUT2D eigenvalue weighted by atomic mass is 9.68. The van der Waals surface area contributed by atoms with Gasteiger partial charge in [0.05, 0.1) is 28.2 Å². The summed E-state index contributed by atoms with van der Waals surface area (Å²) in [7, 11) is 0. The predicted molar refractivity (Wildman–Crippen MR) is 151 cm³/mol. The third-order valence-corrected chi connectivity index (χ3v) is 11.8. The maximum Gasteiger partial charge on any atom is 0.305 e. The molecule has 11 nitrogen and oxygen atoms in total. The van der Waals surface area contributed by atoms with E-state index in [1.807, 2.05) is 0 Å². The molecule has 1 aromatic heterocycles. The molecule has 2 N–H and O–H groups in total. The molecule has 4 aliphatic rings. The van der Waals surface area contributed by atoms with Gasteiger partial charge in [-0.3, -0.25) is 34.2 Å². The number of hydrogen-bond acceptors (Lipinski definition) is 9. The van der Waals surface area contributed by atoms with Crippen molar-refractivity contribution >= 4 is 46.6 Å². The zero-order valence-corrected chi connectivity index (χ0v) is 23.9. The minimum atomic E-state index is -1.10. The number of carboxylic acid groups (broad SMARTS) is 1. The predicted octanol–water partition coefficient (Wildman–Crippen LogP) is 4.01. The topological polar surface area (TPSA) is 160 Å². The van der Waals surface area contributed by atoms with Gasteiger partial charge in [0.25, 0.3) is 5.69 Å². The second-order valence-corrected chi connectivity index (χ2v) is 13.5. The molecule has 7 unspecified atom stereocenters. The SMILES string of the molecule is O=C(O)CCN1C(=O)C2C3CC(C2C1=O)C1C(c2cc([N+](=O)[O-])ccc2OCc2ccc(F)cc2)c2sc(=O)[nH]c2SC31. The van der Waals surface area contributed by atoms with Crippen LogP contribution in [0.3, 0.4) is 0 Å². The number of hydrogen-bond donors (Lipinski definition) is 2. The van der Waals surface area contributed by atoms with Crippen molar-refractivity contribution in [2.45, 2.75) is 35.6 Å². The number of thioether (sulfide) groups is 1. The number of non-ortho nitro benzene ring substituents is 1. The molecule has 3 aromatic rings. The first-order valence-corrected chi connectivity index (χ1v) is 15.4. The number of nitrogens with zero attached hydrogens (tertiary/aromatic N) is 2. The fraction of sp³-hybridized carbons (Fsp3) is 0.379. The first-order valence-electron chi connectivity index (χ1n) is 13.7. The molecule has 2 amide bonds. The summed E-state index contributed by atoms with van der Waals surface area (Å²) in [5, 5.41) is 21.5. The maximum atomic E-state index is 13.6. The molecule has 0 spiro atoms. The van der Waals surface area contributed by atoms with Gasteiger partial charge in [0.2, 0.25) is 11.8 Å². The van der Waals surface area contributed by atoms with Crippen LogP contribution in [0.1, 0.15) is 34.8 Å². The number of likely N-dealkylation sites (tertiary alicyclic amines) is 1. The van der Waals surface area contributed by atoms with Gasteiger partial charge >= 0.3 is 10.8 Å². The van der Waals surface area contributed by atoms with Gasteiger partial charge in [0.1, 0.15) is 18.2 Å². The first kappa shape index (κ1) is 27.8. The van der Waals surface area contributed by atoms with Gasteiger partial charge in [-0.15, -0.1) is 11.8 Å². The summed E-state index contributed by atoms with van der Waals surface area (Å²) < 4.78 is 19.6. The number of carboxylic acids is 1. The number of amides is 2. The number of ether oxygens (including phenoxy) is 1. The van der Waals surface area contributed by atoms with E-state index in [-0.39, 0.29) is 65.0 Å². The Morgan fingerprint density at radius 1 is 1.12 bits per heavy atom. The summed E-state index contributed by atoms with van der Waals surface area (Å²) >= 11 is 2.50. The van der Waals surface area contributed by atoms with Crippen molar-refractivity contribution in [2.75, 3.05) is 6.54 Å². The zero-order valence-electron chi connectivity index (χ0n) is 22.3. The molecule has 0 radical (unpaired) electrons. The minimum Gasteiger partial charge on any atom is -0.489 e. The van der Waals surface area contributed by atoms with Crippen molar-refractivity contribution < 1.29 is 33.5 Å². The van der Waals surface area contributed by atoms with Crippen molar-refractivity contribution in [1.82, 2.24) is 9.88 Å². The van der Waals surface area contributed by atoms with Crippen LogP contribution in [0.5, 0.6) is 5.75 Å². The molecule has 43 heavy (non-hydrogen) atoms. The van der Waals surface area contributed by atoms with Crippen LogP contribution in [-0.4, -0.2) is 49.5 Å². The van der Waals surface area contributed by atoms with Crippen LogP contribution in [0, 0.1) is 45.5 Å². The van der Waals surface area contributed by atoms with E-state index in [9.17, 15) is 33.7 Å². The van der Waals surface area contributed by atoms with Crippen molar-refractivity contribution in [3.8, 4) is 5.75 Å². The van der Waals surface area contributed by atoms with Crippen LogP contribution in [0.2, 0.25) is 0 Å². The standard InChI is InChI=1S/C29H24FN3O8S2/c30-13-3-1-12(2-4-13)11-41-18-6-5-14(33(39)40)9-15(18)20-21-16-10-17(24(21)42-26-25(20)43-29(38)31-26)23-22(16)27(36)32(28(23)37)8-7-19(34)35/h1-6,9,16-17,20-24H,7-8,10-11H2,(H,31,38)(H,34,35). The van der Waals surface area contributed by atoms with E-state index < -0.39 is 34.5 Å². The number of nitro groups is 1. The number of carbonyl (C=O) groups is 3. The summed E-state index contributed by atoms with van der Waals surface area (Å²) in [4.78, 5) is 66.6.